The van der Waals surface area contributed by atoms with Crippen LogP contribution in [-0.4, -0.2) is 34.9 Å². The Bertz CT molecular complexity index is 497. The quantitative estimate of drug-likeness (QED) is 0.616. The Morgan fingerprint density at radius 2 is 1.77 bits per heavy atom. The molecule has 1 rings (SSSR count). The van der Waals surface area contributed by atoms with Gasteiger partial charge >= 0.3 is 6.09 Å². The number of aliphatic hydroxyl groups is 1. The van der Waals surface area contributed by atoms with Crippen molar-refractivity contribution in [1.29, 1.82) is 0 Å². The Morgan fingerprint density at radius 1 is 1.18 bits per heavy atom. The van der Waals surface area contributed by atoms with E-state index in [9.17, 15) is 14.7 Å². The van der Waals surface area contributed by atoms with Crippen molar-refractivity contribution in [3.63, 3.8) is 0 Å². The number of para-hydroxylation sites is 1. The molecule has 0 saturated carbocycles. The molecule has 7 nitrogen and oxygen atoms in total. The van der Waals surface area contributed by atoms with Crippen molar-refractivity contribution >= 4 is 17.7 Å². The second-order valence-electron chi connectivity index (χ2n) is 5.84. The van der Waals surface area contributed by atoms with E-state index in [0.29, 0.717) is 5.69 Å². The number of hydrazine groups is 1. The predicted molar refractivity (Wildman–Crippen MR) is 83.0 cm³/mol. The van der Waals surface area contributed by atoms with Crippen molar-refractivity contribution in [2.75, 3.05) is 5.43 Å². The Morgan fingerprint density at radius 3 is 2.27 bits per heavy atom. The summed E-state index contributed by atoms with van der Waals surface area (Å²) in [5.74, 6) is -0.579. The second kappa shape index (κ2) is 7.65. The predicted octanol–water partition coefficient (Wildman–Crippen LogP) is 1.40. The molecule has 2 amide bonds. The lowest BCUT2D eigenvalue weighted by molar-refractivity contribution is -0.125. The minimum absolute atomic E-state index is 0.579. The van der Waals surface area contributed by atoms with Gasteiger partial charge in [0.2, 0.25) is 0 Å². The standard InChI is InChI=1S/C15H23N3O4/c1-10(19)12(16-14(21)22-15(2,3)4)13(20)18-17-11-8-6-5-7-9-11/h5-10,12,17,19H,1-4H3,(H,16,21)(H,18,20). The number of benzene rings is 1. The van der Waals surface area contributed by atoms with Crippen LogP contribution in [0.4, 0.5) is 10.5 Å². The highest BCUT2D eigenvalue weighted by molar-refractivity contribution is 5.87. The number of carbonyl (C=O) groups is 2. The van der Waals surface area contributed by atoms with E-state index < -0.39 is 29.7 Å². The maximum Gasteiger partial charge on any atom is 0.408 e. The summed E-state index contributed by atoms with van der Waals surface area (Å²) in [4.78, 5) is 23.8. The molecule has 0 aliphatic rings. The molecule has 0 heterocycles. The molecule has 0 radical (unpaired) electrons. The number of hydrogen-bond acceptors (Lipinski definition) is 5. The van der Waals surface area contributed by atoms with Crippen LogP contribution in [0.3, 0.4) is 0 Å². The van der Waals surface area contributed by atoms with Crippen molar-refractivity contribution in [3.05, 3.63) is 30.3 Å². The molecule has 0 fully saturated rings. The van der Waals surface area contributed by atoms with Crippen molar-refractivity contribution in [2.45, 2.75) is 45.4 Å². The molecule has 2 atom stereocenters. The van der Waals surface area contributed by atoms with Crippen LogP contribution in [0.5, 0.6) is 0 Å². The normalized spacial score (nSPS) is 13.7. The molecule has 1 aromatic carbocycles. The van der Waals surface area contributed by atoms with Crippen molar-refractivity contribution in [3.8, 4) is 0 Å². The zero-order chi connectivity index (χ0) is 16.8. The van der Waals surface area contributed by atoms with Gasteiger partial charge in [-0.15, -0.1) is 0 Å². The number of anilines is 1. The Kier molecular flexibility index (Phi) is 6.18. The second-order valence-corrected chi connectivity index (χ2v) is 5.84. The van der Waals surface area contributed by atoms with Crippen molar-refractivity contribution in [2.24, 2.45) is 0 Å². The summed E-state index contributed by atoms with van der Waals surface area (Å²) >= 11 is 0. The minimum atomic E-state index is -1.13. The zero-order valence-corrected chi connectivity index (χ0v) is 13.2. The number of nitrogens with one attached hydrogen (secondary N) is 3. The molecule has 1 aromatic rings. The van der Waals surface area contributed by atoms with Gasteiger partial charge in [-0.2, -0.15) is 0 Å². The first-order valence-corrected chi connectivity index (χ1v) is 6.97. The highest BCUT2D eigenvalue weighted by Crippen LogP contribution is 2.07. The maximum atomic E-state index is 12.1. The summed E-state index contributed by atoms with van der Waals surface area (Å²) in [6.45, 7) is 6.53. The average Bonchev–Trinajstić information content (AvgIpc) is 2.41. The fourth-order valence-corrected chi connectivity index (χ4v) is 1.57. The highest BCUT2D eigenvalue weighted by Gasteiger charge is 2.28. The molecule has 0 aliphatic heterocycles. The number of aliphatic hydroxyl groups excluding tert-OH is 1. The molecule has 0 bridgehead atoms. The Labute approximate surface area is 130 Å². The van der Waals surface area contributed by atoms with Crippen LogP contribution in [0.1, 0.15) is 27.7 Å². The van der Waals surface area contributed by atoms with Crippen LogP contribution in [0, 0.1) is 0 Å². The lowest BCUT2D eigenvalue weighted by Gasteiger charge is -2.24. The maximum absolute atomic E-state index is 12.1. The molecule has 4 N–H and O–H groups in total. The smallest absolute Gasteiger partial charge is 0.408 e. The number of hydrogen-bond donors (Lipinski definition) is 4. The minimum Gasteiger partial charge on any atom is -0.444 e. The fourth-order valence-electron chi connectivity index (χ4n) is 1.57. The summed E-state index contributed by atoms with van der Waals surface area (Å²) in [6, 6.07) is 7.85. The third kappa shape index (κ3) is 6.45. The van der Waals surface area contributed by atoms with Gasteiger partial charge in [-0.3, -0.25) is 15.6 Å². The van der Waals surface area contributed by atoms with Gasteiger partial charge in [0.25, 0.3) is 5.91 Å². The summed E-state index contributed by atoms with van der Waals surface area (Å²) in [7, 11) is 0. The molecule has 0 spiro atoms. The van der Waals surface area contributed by atoms with Crippen molar-refractivity contribution < 1.29 is 19.4 Å². The van der Waals surface area contributed by atoms with E-state index >= 15 is 0 Å². The van der Waals surface area contributed by atoms with E-state index in [1.807, 2.05) is 6.07 Å². The Hall–Kier alpha value is -2.28. The van der Waals surface area contributed by atoms with Gasteiger partial charge in [0.1, 0.15) is 11.6 Å². The molecule has 122 valence electrons. The molecule has 0 saturated heterocycles. The van der Waals surface area contributed by atoms with Crippen LogP contribution in [-0.2, 0) is 9.53 Å². The van der Waals surface area contributed by atoms with E-state index in [2.05, 4.69) is 16.2 Å². The number of carbonyl (C=O) groups excluding carboxylic acids is 2. The van der Waals surface area contributed by atoms with Gasteiger partial charge in [-0.1, -0.05) is 18.2 Å². The largest absolute Gasteiger partial charge is 0.444 e. The molecule has 0 aromatic heterocycles. The number of rotatable bonds is 5. The molecular weight excluding hydrogens is 286 g/mol. The Balaban J connectivity index is 2.58. The highest BCUT2D eigenvalue weighted by atomic mass is 16.6. The summed E-state index contributed by atoms with van der Waals surface area (Å²) in [6.07, 6.45) is -1.85. The molecule has 22 heavy (non-hydrogen) atoms. The van der Waals surface area contributed by atoms with Crippen LogP contribution in [0.2, 0.25) is 0 Å². The lowest BCUT2D eigenvalue weighted by atomic mass is 10.1. The van der Waals surface area contributed by atoms with E-state index in [-0.39, 0.29) is 0 Å². The summed E-state index contributed by atoms with van der Waals surface area (Å²) in [5.41, 5.74) is 5.12. The van der Waals surface area contributed by atoms with Crippen molar-refractivity contribution in [1.82, 2.24) is 10.7 Å². The third-order valence-corrected chi connectivity index (χ3v) is 2.54. The molecule has 2 unspecified atom stereocenters. The first kappa shape index (κ1) is 17.8. The van der Waals surface area contributed by atoms with Gasteiger partial charge in [-0.25, -0.2) is 4.79 Å². The van der Waals surface area contributed by atoms with Crippen LogP contribution >= 0.6 is 0 Å². The lowest BCUT2D eigenvalue weighted by Crippen LogP contribution is -2.54. The van der Waals surface area contributed by atoms with Gasteiger partial charge < -0.3 is 15.2 Å². The van der Waals surface area contributed by atoms with Gasteiger partial charge in [0.15, 0.2) is 0 Å². The number of amides is 2. The van der Waals surface area contributed by atoms with Crippen LogP contribution in [0.15, 0.2) is 30.3 Å². The fraction of sp³-hybridized carbons (Fsp3) is 0.467. The summed E-state index contributed by atoms with van der Waals surface area (Å²) in [5, 5.41) is 12.0. The first-order valence-electron chi connectivity index (χ1n) is 6.97. The SMILES string of the molecule is CC(O)C(NC(=O)OC(C)(C)C)C(=O)NNc1ccccc1. The van der Waals surface area contributed by atoms with E-state index in [4.69, 9.17) is 4.74 Å². The third-order valence-electron chi connectivity index (χ3n) is 2.54. The topological polar surface area (TPSA) is 99.7 Å². The first-order chi connectivity index (χ1) is 10.2. The van der Waals surface area contributed by atoms with E-state index in [1.165, 1.54) is 6.92 Å². The van der Waals surface area contributed by atoms with Gasteiger partial charge in [0, 0.05) is 0 Å². The average molecular weight is 309 g/mol. The monoisotopic (exact) mass is 309 g/mol. The summed E-state index contributed by atoms with van der Waals surface area (Å²) < 4.78 is 5.07. The van der Waals surface area contributed by atoms with E-state index in [0.717, 1.165) is 0 Å². The molecule has 0 aliphatic carbocycles. The number of ether oxygens (including phenoxy) is 1. The number of alkyl carbamates (subject to hydrolysis) is 1. The van der Waals surface area contributed by atoms with Crippen LogP contribution < -0.4 is 16.2 Å². The van der Waals surface area contributed by atoms with Gasteiger partial charge in [-0.05, 0) is 39.8 Å². The van der Waals surface area contributed by atoms with Crippen LogP contribution in [0.25, 0.3) is 0 Å². The molecular formula is C15H23N3O4. The van der Waals surface area contributed by atoms with Gasteiger partial charge in [0.05, 0.1) is 11.8 Å². The van der Waals surface area contributed by atoms with E-state index in [1.54, 1.807) is 45.0 Å². The zero-order valence-electron chi connectivity index (χ0n) is 13.2. The molecule has 7 heteroatoms.